The van der Waals surface area contributed by atoms with E-state index in [9.17, 15) is 9.59 Å². The Labute approximate surface area is 95.7 Å². The van der Waals surface area contributed by atoms with E-state index in [1.165, 1.54) is 0 Å². The summed E-state index contributed by atoms with van der Waals surface area (Å²) in [5.74, 6) is -0.524. The van der Waals surface area contributed by atoms with Crippen molar-refractivity contribution in [2.75, 3.05) is 13.2 Å². The molecule has 16 heavy (non-hydrogen) atoms. The van der Waals surface area contributed by atoms with Crippen LogP contribution in [0.4, 0.5) is 0 Å². The van der Waals surface area contributed by atoms with Gasteiger partial charge in [-0.05, 0) is 26.7 Å². The number of amides is 1. The Balaban J connectivity index is 2.47. The second-order valence-electron chi connectivity index (χ2n) is 4.29. The van der Waals surface area contributed by atoms with Crippen molar-refractivity contribution < 1.29 is 14.3 Å². The van der Waals surface area contributed by atoms with E-state index < -0.39 is 17.4 Å². The van der Waals surface area contributed by atoms with Gasteiger partial charge in [-0.15, -0.1) is 0 Å². The maximum absolute atomic E-state index is 11.9. The van der Waals surface area contributed by atoms with Gasteiger partial charge in [0.1, 0.15) is 6.04 Å². The molecule has 0 saturated heterocycles. The van der Waals surface area contributed by atoms with Gasteiger partial charge in [0.25, 0.3) is 0 Å². The van der Waals surface area contributed by atoms with Crippen LogP contribution in [0.5, 0.6) is 0 Å². The van der Waals surface area contributed by atoms with E-state index in [0.717, 1.165) is 19.3 Å². The highest BCUT2D eigenvalue weighted by Crippen LogP contribution is 2.40. The maximum atomic E-state index is 11.9. The highest BCUT2D eigenvalue weighted by molar-refractivity contribution is 5.88. The van der Waals surface area contributed by atoms with Crippen LogP contribution in [-0.2, 0) is 14.3 Å². The highest BCUT2D eigenvalue weighted by Gasteiger charge is 2.43. The summed E-state index contributed by atoms with van der Waals surface area (Å²) in [7, 11) is 0. The number of hydrogen-bond acceptors (Lipinski definition) is 4. The minimum atomic E-state index is -0.600. The predicted octanol–water partition coefficient (Wildman–Crippen LogP) is 0.183. The number of rotatable bonds is 5. The Hall–Kier alpha value is -1.10. The zero-order valence-electron chi connectivity index (χ0n) is 9.91. The number of carbonyl (C=O) groups excluding carboxylic acids is 2. The van der Waals surface area contributed by atoms with E-state index in [4.69, 9.17) is 10.5 Å². The Morgan fingerprint density at radius 1 is 1.50 bits per heavy atom. The molecule has 1 amide bonds. The maximum Gasteiger partial charge on any atom is 0.328 e. The van der Waals surface area contributed by atoms with Crippen molar-refractivity contribution in [2.24, 2.45) is 11.1 Å². The summed E-state index contributed by atoms with van der Waals surface area (Å²) in [6.45, 7) is 4.02. The van der Waals surface area contributed by atoms with Crippen LogP contribution in [0.15, 0.2) is 0 Å². The Kier molecular flexibility index (Phi) is 4.29. The topological polar surface area (TPSA) is 81.4 Å². The molecule has 0 aliphatic heterocycles. The average Bonchev–Trinajstić information content (AvgIpc) is 2.17. The lowest BCUT2D eigenvalue weighted by molar-refractivity contribution is -0.149. The molecule has 1 saturated carbocycles. The zero-order chi connectivity index (χ0) is 12.2. The Morgan fingerprint density at radius 2 is 2.12 bits per heavy atom. The Morgan fingerprint density at radius 3 is 2.50 bits per heavy atom. The predicted molar refractivity (Wildman–Crippen MR) is 59.6 cm³/mol. The van der Waals surface area contributed by atoms with Gasteiger partial charge >= 0.3 is 5.97 Å². The molecule has 0 aromatic carbocycles. The largest absolute Gasteiger partial charge is 0.464 e. The van der Waals surface area contributed by atoms with E-state index in [0.29, 0.717) is 13.2 Å². The normalized spacial score (nSPS) is 19.4. The quantitative estimate of drug-likeness (QED) is 0.658. The van der Waals surface area contributed by atoms with E-state index >= 15 is 0 Å². The molecule has 0 radical (unpaired) electrons. The number of carbonyl (C=O) groups is 2. The molecule has 0 bridgehead atoms. The molecular weight excluding hydrogens is 208 g/mol. The molecule has 1 unspecified atom stereocenters. The molecule has 0 aromatic rings. The third-order valence-corrected chi connectivity index (χ3v) is 3.17. The van der Waals surface area contributed by atoms with Crippen LogP contribution in [0.1, 0.15) is 33.1 Å². The van der Waals surface area contributed by atoms with E-state index in [-0.39, 0.29) is 5.91 Å². The van der Waals surface area contributed by atoms with Crippen molar-refractivity contribution >= 4 is 11.9 Å². The molecule has 1 rings (SSSR count). The summed E-state index contributed by atoms with van der Waals surface area (Å²) in [5.41, 5.74) is 5.16. The van der Waals surface area contributed by atoms with Crippen LogP contribution in [0.3, 0.4) is 0 Å². The third kappa shape index (κ3) is 2.52. The molecule has 92 valence electrons. The van der Waals surface area contributed by atoms with Gasteiger partial charge in [-0.25, -0.2) is 4.79 Å². The van der Waals surface area contributed by atoms with Crippen LogP contribution >= 0.6 is 0 Å². The lowest BCUT2D eigenvalue weighted by Gasteiger charge is -2.39. The molecule has 1 aliphatic rings. The fourth-order valence-corrected chi connectivity index (χ4v) is 1.80. The average molecular weight is 228 g/mol. The molecule has 1 aliphatic carbocycles. The first-order chi connectivity index (χ1) is 7.55. The summed E-state index contributed by atoms with van der Waals surface area (Å²) in [4.78, 5) is 23.2. The summed E-state index contributed by atoms with van der Waals surface area (Å²) < 4.78 is 4.82. The highest BCUT2D eigenvalue weighted by atomic mass is 16.5. The molecule has 0 heterocycles. The summed E-state index contributed by atoms with van der Waals surface area (Å²) >= 11 is 0. The first kappa shape index (κ1) is 13.0. The molecule has 0 aromatic heterocycles. The van der Waals surface area contributed by atoms with Crippen molar-refractivity contribution in [2.45, 2.75) is 39.2 Å². The van der Waals surface area contributed by atoms with Gasteiger partial charge in [-0.3, -0.25) is 4.79 Å². The molecule has 1 fully saturated rings. The smallest absolute Gasteiger partial charge is 0.328 e. The van der Waals surface area contributed by atoms with Gasteiger partial charge < -0.3 is 15.8 Å². The minimum Gasteiger partial charge on any atom is -0.464 e. The van der Waals surface area contributed by atoms with Gasteiger partial charge in [-0.1, -0.05) is 6.42 Å². The first-order valence-corrected chi connectivity index (χ1v) is 5.73. The van der Waals surface area contributed by atoms with E-state index in [2.05, 4.69) is 5.32 Å². The van der Waals surface area contributed by atoms with Crippen LogP contribution in [0, 0.1) is 5.41 Å². The van der Waals surface area contributed by atoms with Gasteiger partial charge in [-0.2, -0.15) is 0 Å². The molecule has 3 N–H and O–H groups in total. The molecule has 0 spiro atoms. The van der Waals surface area contributed by atoms with Crippen molar-refractivity contribution in [1.29, 1.82) is 0 Å². The van der Waals surface area contributed by atoms with Gasteiger partial charge in [0.15, 0.2) is 0 Å². The lowest BCUT2D eigenvalue weighted by atomic mass is 9.68. The SMILES string of the molecule is CCOC(=O)C(C)NC(=O)C1(CN)CCC1. The van der Waals surface area contributed by atoms with Crippen LogP contribution in [-0.4, -0.2) is 31.1 Å². The second kappa shape index (κ2) is 5.30. The number of nitrogens with two attached hydrogens (primary N) is 1. The van der Waals surface area contributed by atoms with Crippen molar-refractivity contribution in [3.63, 3.8) is 0 Å². The third-order valence-electron chi connectivity index (χ3n) is 3.17. The van der Waals surface area contributed by atoms with Crippen LogP contribution in [0.2, 0.25) is 0 Å². The summed E-state index contributed by atoms with van der Waals surface area (Å²) in [6, 6.07) is -0.600. The van der Waals surface area contributed by atoms with Gasteiger partial charge in [0.05, 0.1) is 12.0 Å². The summed E-state index contributed by atoms with van der Waals surface area (Å²) in [6.07, 6.45) is 2.65. The number of hydrogen-bond donors (Lipinski definition) is 2. The van der Waals surface area contributed by atoms with Crippen molar-refractivity contribution in [3.05, 3.63) is 0 Å². The Bertz CT molecular complexity index is 269. The molecule has 5 heteroatoms. The summed E-state index contributed by atoms with van der Waals surface area (Å²) in [5, 5.41) is 2.66. The van der Waals surface area contributed by atoms with Crippen LogP contribution in [0.25, 0.3) is 0 Å². The van der Waals surface area contributed by atoms with E-state index in [1.807, 2.05) is 0 Å². The fourth-order valence-electron chi connectivity index (χ4n) is 1.80. The van der Waals surface area contributed by atoms with E-state index in [1.54, 1.807) is 13.8 Å². The minimum absolute atomic E-state index is 0.123. The van der Waals surface area contributed by atoms with Crippen molar-refractivity contribution in [1.82, 2.24) is 5.32 Å². The number of nitrogens with one attached hydrogen (secondary N) is 1. The fraction of sp³-hybridized carbons (Fsp3) is 0.818. The number of esters is 1. The van der Waals surface area contributed by atoms with Gasteiger partial charge in [0, 0.05) is 6.54 Å². The molecule has 1 atom stereocenters. The standard InChI is InChI=1S/C11H20N2O3/c1-3-16-9(14)8(2)13-10(15)11(7-12)5-4-6-11/h8H,3-7,12H2,1-2H3,(H,13,15). The van der Waals surface area contributed by atoms with Crippen molar-refractivity contribution in [3.8, 4) is 0 Å². The molecular formula is C11H20N2O3. The first-order valence-electron chi connectivity index (χ1n) is 5.73. The lowest BCUT2D eigenvalue weighted by Crippen LogP contribution is -2.53. The zero-order valence-corrected chi connectivity index (χ0v) is 9.91. The monoisotopic (exact) mass is 228 g/mol. The molecule has 5 nitrogen and oxygen atoms in total. The van der Waals surface area contributed by atoms with Gasteiger partial charge in [0.2, 0.25) is 5.91 Å². The number of ether oxygens (including phenoxy) is 1. The second-order valence-corrected chi connectivity index (χ2v) is 4.29. The van der Waals surface area contributed by atoms with Crippen LogP contribution < -0.4 is 11.1 Å².